The van der Waals surface area contributed by atoms with Crippen LogP contribution in [-0.2, 0) is 19.3 Å². The standard InChI is InChI=1S/C23H20N4O3/c28-19(13-20(29)23-25-15-26-27-23)22-18(12-17-8-10-24-11-9-17)14-30-21(22)7-6-16-4-2-1-3-5-16/h1-5,8-11,13-15,29H,6-7,12H2,(H,25,26,27). The van der Waals surface area contributed by atoms with Gasteiger partial charge in [0.05, 0.1) is 11.8 Å². The molecule has 0 spiro atoms. The summed E-state index contributed by atoms with van der Waals surface area (Å²) >= 11 is 0. The van der Waals surface area contributed by atoms with Crippen LogP contribution in [0.5, 0.6) is 0 Å². The molecule has 4 aromatic rings. The van der Waals surface area contributed by atoms with Crippen molar-refractivity contribution in [3.05, 3.63) is 107 Å². The van der Waals surface area contributed by atoms with Crippen LogP contribution in [0.2, 0.25) is 0 Å². The fourth-order valence-electron chi connectivity index (χ4n) is 3.27. The highest BCUT2D eigenvalue weighted by Crippen LogP contribution is 2.24. The lowest BCUT2D eigenvalue weighted by Gasteiger charge is -2.05. The van der Waals surface area contributed by atoms with Gasteiger partial charge in [-0.1, -0.05) is 30.3 Å². The third-order valence-corrected chi connectivity index (χ3v) is 4.73. The van der Waals surface area contributed by atoms with Gasteiger partial charge in [-0.05, 0) is 29.7 Å². The second-order valence-electron chi connectivity index (χ2n) is 6.79. The maximum atomic E-state index is 13.1. The van der Waals surface area contributed by atoms with Crippen LogP contribution in [0, 0.1) is 0 Å². The van der Waals surface area contributed by atoms with Gasteiger partial charge in [-0.3, -0.25) is 14.9 Å². The number of carbonyl (C=O) groups is 1. The number of pyridine rings is 1. The van der Waals surface area contributed by atoms with Gasteiger partial charge >= 0.3 is 0 Å². The summed E-state index contributed by atoms with van der Waals surface area (Å²) in [6.45, 7) is 0. The molecule has 2 N–H and O–H groups in total. The van der Waals surface area contributed by atoms with Gasteiger partial charge < -0.3 is 9.52 Å². The maximum Gasteiger partial charge on any atom is 0.215 e. The van der Waals surface area contributed by atoms with E-state index < -0.39 is 0 Å². The van der Waals surface area contributed by atoms with Crippen LogP contribution in [0.25, 0.3) is 5.76 Å². The SMILES string of the molecule is O=C(C=C(O)c1nc[nH]n1)c1c(Cc2ccncc2)coc1CCc1ccccc1. The van der Waals surface area contributed by atoms with E-state index in [-0.39, 0.29) is 17.4 Å². The number of hydrogen-bond acceptors (Lipinski definition) is 6. The molecule has 0 aliphatic rings. The van der Waals surface area contributed by atoms with Crippen LogP contribution in [0.4, 0.5) is 0 Å². The molecular formula is C23H20N4O3. The molecule has 0 saturated carbocycles. The van der Waals surface area contributed by atoms with Crippen LogP contribution < -0.4 is 0 Å². The molecule has 1 aromatic carbocycles. The Hall–Kier alpha value is -4.00. The van der Waals surface area contributed by atoms with Crippen molar-refractivity contribution in [2.75, 3.05) is 0 Å². The fourth-order valence-corrected chi connectivity index (χ4v) is 3.27. The first kappa shape index (κ1) is 19.3. The molecule has 0 amide bonds. The number of aromatic amines is 1. The average molecular weight is 400 g/mol. The van der Waals surface area contributed by atoms with Crippen LogP contribution in [0.1, 0.15) is 38.6 Å². The molecule has 0 unspecified atom stereocenters. The van der Waals surface area contributed by atoms with Crippen LogP contribution in [0.3, 0.4) is 0 Å². The van der Waals surface area contributed by atoms with Crippen molar-refractivity contribution in [3.8, 4) is 0 Å². The second-order valence-corrected chi connectivity index (χ2v) is 6.79. The molecule has 4 rings (SSSR count). The van der Waals surface area contributed by atoms with Gasteiger partial charge in [0.1, 0.15) is 12.1 Å². The van der Waals surface area contributed by atoms with Gasteiger partial charge in [0.2, 0.25) is 5.82 Å². The summed E-state index contributed by atoms with van der Waals surface area (Å²) < 4.78 is 5.80. The zero-order chi connectivity index (χ0) is 20.8. The van der Waals surface area contributed by atoms with Gasteiger partial charge in [-0.2, -0.15) is 5.10 Å². The number of benzene rings is 1. The van der Waals surface area contributed by atoms with Crippen molar-refractivity contribution < 1.29 is 14.3 Å². The fraction of sp³-hybridized carbons (Fsp3) is 0.130. The molecule has 7 heteroatoms. The first-order valence-corrected chi connectivity index (χ1v) is 9.54. The number of aliphatic hydroxyl groups is 1. The van der Waals surface area contributed by atoms with E-state index in [1.165, 1.54) is 6.33 Å². The quantitative estimate of drug-likeness (QED) is 0.264. The third-order valence-electron chi connectivity index (χ3n) is 4.73. The van der Waals surface area contributed by atoms with Crippen molar-refractivity contribution in [2.45, 2.75) is 19.3 Å². The third kappa shape index (κ3) is 4.52. The highest BCUT2D eigenvalue weighted by Gasteiger charge is 2.21. The van der Waals surface area contributed by atoms with E-state index in [2.05, 4.69) is 20.2 Å². The molecule has 3 aromatic heterocycles. The van der Waals surface area contributed by atoms with Crippen LogP contribution >= 0.6 is 0 Å². The van der Waals surface area contributed by atoms with E-state index in [1.807, 2.05) is 42.5 Å². The molecule has 0 atom stereocenters. The van der Waals surface area contributed by atoms with Crippen LogP contribution in [0.15, 0.2) is 77.9 Å². The second kappa shape index (κ2) is 9.00. The largest absolute Gasteiger partial charge is 0.504 e. The van der Waals surface area contributed by atoms with Crippen molar-refractivity contribution in [1.82, 2.24) is 20.2 Å². The summed E-state index contributed by atoms with van der Waals surface area (Å²) in [5.74, 6) is 0.00444. The summed E-state index contributed by atoms with van der Waals surface area (Å²) in [6.07, 6.45) is 9.33. The monoisotopic (exact) mass is 400 g/mol. The highest BCUT2D eigenvalue weighted by molar-refractivity contribution is 6.09. The van der Waals surface area contributed by atoms with E-state index in [4.69, 9.17) is 4.42 Å². The first-order chi connectivity index (χ1) is 14.7. The Morgan fingerprint density at radius 1 is 1.07 bits per heavy atom. The summed E-state index contributed by atoms with van der Waals surface area (Å²) in [6, 6.07) is 13.8. The Balaban J connectivity index is 1.64. The summed E-state index contributed by atoms with van der Waals surface area (Å²) in [5, 5.41) is 16.5. The molecule has 0 saturated heterocycles. The number of carbonyl (C=O) groups excluding carboxylic acids is 1. The topological polar surface area (TPSA) is 105 Å². The zero-order valence-electron chi connectivity index (χ0n) is 16.2. The number of nitrogens with one attached hydrogen (secondary N) is 1. The van der Waals surface area contributed by atoms with E-state index in [1.54, 1.807) is 18.7 Å². The maximum absolute atomic E-state index is 13.1. The molecule has 7 nitrogen and oxygen atoms in total. The van der Waals surface area contributed by atoms with Crippen LogP contribution in [-0.4, -0.2) is 31.1 Å². The zero-order valence-corrected chi connectivity index (χ0v) is 16.2. The van der Waals surface area contributed by atoms with Gasteiger partial charge in [0, 0.05) is 36.9 Å². The number of hydrogen-bond donors (Lipinski definition) is 2. The number of aryl methyl sites for hydroxylation is 2. The molecule has 0 radical (unpaired) electrons. The molecule has 0 fully saturated rings. The predicted octanol–water partition coefficient (Wildman–Crippen LogP) is 3.95. The number of allylic oxidation sites excluding steroid dienone is 1. The Kier molecular flexibility index (Phi) is 5.80. The van der Waals surface area contributed by atoms with Gasteiger partial charge in [-0.15, -0.1) is 0 Å². The molecule has 3 heterocycles. The first-order valence-electron chi connectivity index (χ1n) is 9.54. The number of H-pyrrole nitrogens is 1. The minimum Gasteiger partial charge on any atom is -0.504 e. The van der Waals surface area contributed by atoms with Crippen molar-refractivity contribution in [3.63, 3.8) is 0 Å². The van der Waals surface area contributed by atoms with E-state index >= 15 is 0 Å². The summed E-state index contributed by atoms with van der Waals surface area (Å²) in [5.41, 5.74) is 3.39. The predicted molar refractivity (Wildman–Crippen MR) is 111 cm³/mol. The van der Waals surface area contributed by atoms with E-state index in [0.717, 1.165) is 29.2 Å². The van der Waals surface area contributed by atoms with E-state index in [9.17, 15) is 9.90 Å². The molecule has 0 bridgehead atoms. The van der Waals surface area contributed by atoms with Gasteiger partial charge in [0.15, 0.2) is 11.5 Å². The number of aromatic nitrogens is 4. The number of aliphatic hydroxyl groups excluding tert-OH is 1. The number of ketones is 1. The van der Waals surface area contributed by atoms with E-state index in [0.29, 0.717) is 24.2 Å². The lowest BCUT2D eigenvalue weighted by atomic mass is 9.97. The smallest absolute Gasteiger partial charge is 0.215 e. The summed E-state index contributed by atoms with van der Waals surface area (Å²) in [7, 11) is 0. The molecule has 150 valence electrons. The van der Waals surface area contributed by atoms with Gasteiger partial charge in [-0.25, -0.2) is 4.98 Å². The normalized spacial score (nSPS) is 11.5. The summed E-state index contributed by atoms with van der Waals surface area (Å²) in [4.78, 5) is 21.0. The Morgan fingerprint density at radius 3 is 2.60 bits per heavy atom. The average Bonchev–Trinajstić information content (AvgIpc) is 3.44. The molecule has 0 aliphatic carbocycles. The number of nitrogens with zero attached hydrogens (tertiary/aromatic N) is 3. The lowest BCUT2D eigenvalue weighted by Crippen LogP contribution is -2.05. The Bertz CT molecular complexity index is 1130. The van der Waals surface area contributed by atoms with Crippen molar-refractivity contribution in [1.29, 1.82) is 0 Å². The van der Waals surface area contributed by atoms with Crippen molar-refractivity contribution in [2.24, 2.45) is 0 Å². The Morgan fingerprint density at radius 2 is 1.87 bits per heavy atom. The number of rotatable bonds is 8. The van der Waals surface area contributed by atoms with Crippen molar-refractivity contribution >= 4 is 11.5 Å². The number of furan rings is 1. The molecule has 30 heavy (non-hydrogen) atoms. The molecular weight excluding hydrogens is 380 g/mol. The minimum atomic E-state index is -0.349. The minimum absolute atomic E-state index is 0.0633. The highest BCUT2D eigenvalue weighted by atomic mass is 16.3. The molecule has 0 aliphatic heterocycles. The van der Waals surface area contributed by atoms with Gasteiger partial charge in [0.25, 0.3) is 0 Å². The lowest BCUT2D eigenvalue weighted by molar-refractivity contribution is 0.104. The Labute approximate surface area is 173 Å².